The number of hydrogen-bond donors (Lipinski definition) is 2. The lowest BCUT2D eigenvalue weighted by Crippen LogP contribution is -2.59. The molecule has 1 amide bonds. The van der Waals surface area contributed by atoms with Crippen molar-refractivity contribution < 1.29 is 4.79 Å². The van der Waals surface area contributed by atoms with Gasteiger partial charge < -0.3 is 4.90 Å². The van der Waals surface area contributed by atoms with Crippen LogP contribution in [0.5, 0.6) is 0 Å². The van der Waals surface area contributed by atoms with Crippen LogP contribution in [0.25, 0.3) is 0 Å². The minimum absolute atomic E-state index is 0.0760. The predicted octanol–water partition coefficient (Wildman–Crippen LogP) is 2.86. The number of carbonyl (C=O) groups excluding carboxylic acids is 1. The van der Waals surface area contributed by atoms with Gasteiger partial charge in [-0.1, -0.05) is 26.0 Å². The third-order valence-electron chi connectivity index (χ3n) is 4.58. The van der Waals surface area contributed by atoms with Crippen molar-refractivity contribution in [3.05, 3.63) is 29.3 Å². The average Bonchev–Trinajstić information content (AvgIpc) is 2.41. The molecule has 116 valence electrons. The summed E-state index contributed by atoms with van der Waals surface area (Å²) in [4.78, 5) is 14.5. The SMILES string of the molecule is CC[C@H](C(=O)NN)N1c2cc(C)ccc2[C@@H](C)CC1(C)C. The Morgan fingerprint density at radius 1 is 1.52 bits per heavy atom. The highest BCUT2D eigenvalue weighted by atomic mass is 16.2. The molecule has 4 heteroatoms. The fourth-order valence-corrected chi connectivity index (χ4v) is 3.73. The molecule has 2 rings (SSSR count). The standard InChI is InChI=1S/C17H27N3O/c1-6-14(16(21)19-18)20-15-9-11(2)7-8-13(15)12(3)10-17(20,4)5/h7-9,12,14H,6,10,18H2,1-5H3,(H,19,21)/t12-,14+/m0/s1. The highest BCUT2D eigenvalue weighted by molar-refractivity contribution is 5.86. The Morgan fingerprint density at radius 3 is 2.76 bits per heavy atom. The summed E-state index contributed by atoms with van der Waals surface area (Å²) in [5.41, 5.74) is 5.96. The monoisotopic (exact) mass is 289 g/mol. The molecule has 21 heavy (non-hydrogen) atoms. The van der Waals surface area contributed by atoms with E-state index in [1.54, 1.807) is 0 Å². The Balaban J connectivity index is 2.59. The first-order chi connectivity index (χ1) is 9.81. The smallest absolute Gasteiger partial charge is 0.256 e. The van der Waals surface area contributed by atoms with Crippen LogP contribution in [0.4, 0.5) is 5.69 Å². The molecule has 1 aromatic carbocycles. The van der Waals surface area contributed by atoms with E-state index in [1.165, 1.54) is 16.8 Å². The molecule has 1 aliphatic heterocycles. The molecule has 0 fully saturated rings. The number of nitrogens with two attached hydrogens (primary N) is 1. The Labute approximate surface area is 127 Å². The number of rotatable bonds is 3. The zero-order chi connectivity index (χ0) is 15.8. The van der Waals surface area contributed by atoms with Crippen molar-refractivity contribution >= 4 is 11.6 Å². The summed E-state index contributed by atoms with van der Waals surface area (Å²) >= 11 is 0. The van der Waals surface area contributed by atoms with Crippen LogP contribution in [0.15, 0.2) is 18.2 Å². The van der Waals surface area contributed by atoms with Gasteiger partial charge >= 0.3 is 0 Å². The van der Waals surface area contributed by atoms with Crippen molar-refractivity contribution in [2.24, 2.45) is 5.84 Å². The van der Waals surface area contributed by atoms with Gasteiger partial charge in [0.1, 0.15) is 6.04 Å². The van der Waals surface area contributed by atoms with E-state index in [9.17, 15) is 4.79 Å². The van der Waals surface area contributed by atoms with Gasteiger partial charge in [-0.2, -0.15) is 0 Å². The first-order valence-corrected chi connectivity index (χ1v) is 7.72. The van der Waals surface area contributed by atoms with Crippen LogP contribution < -0.4 is 16.2 Å². The number of carbonyl (C=O) groups is 1. The molecule has 1 aliphatic rings. The molecule has 0 saturated heterocycles. The maximum absolute atomic E-state index is 12.2. The minimum Gasteiger partial charge on any atom is -0.354 e. The predicted molar refractivity (Wildman–Crippen MR) is 87.2 cm³/mol. The van der Waals surface area contributed by atoms with Gasteiger partial charge in [-0.15, -0.1) is 0 Å². The van der Waals surface area contributed by atoms with E-state index in [0.29, 0.717) is 5.92 Å². The molecule has 3 N–H and O–H groups in total. The van der Waals surface area contributed by atoms with Crippen LogP contribution in [0.3, 0.4) is 0 Å². The number of aryl methyl sites for hydroxylation is 1. The summed E-state index contributed by atoms with van der Waals surface area (Å²) in [6.07, 6.45) is 1.76. The molecule has 2 atom stereocenters. The average molecular weight is 289 g/mol. The van der Waals surface area contributed by atoms with Crippen molar-refractivity contribution in [3.63, 3.8) is 0 Å². The maximum Gasteiger partial charge on any atom is 0.256 e. The summed E-state index contributed by atoms with van der Waals surface area (Å²) in [6, 6.07) is 6.30. The molecule has 0 unspecified atom stereocenters. The second-order valence-corrected chi connectivity index (χ2v) is 6.78. The van der Waals surface area contributed by atoms with E-state index in [4.69, 9.17) is 5.84 Å². The summed E-state index contributed by atoms with van der Waals surface area (Å²) in [6.45, 7) is 10.8. The molecule has 0 aliphatic carbocycles. The molecular formula is C17H27N3O. The van der Waals surface area contributed by atoms with Gasteiger partial charge in [-0.3, -0.25) is 10.2 Å². The second kappa shape index (κ2) is 5.68. The van der Waals surface area contributed by atoms with Crippen molar-refractivity contribution in [2.45, 2.75) is 65.0 Å². The molecule has 0 bridgehead atoms. The number of hydrazine groups is 1. The van der Waals surface area contributed by atoms with E-state index in [0.717, 1.165) is 12.8 Å². The topological polar surface area (TPSA) is 58.4 Å². The van der Waals surface area contributed by atoms with E-state index in [-0.39, 0.29) is 17.5 Å². The van der Waals surface area contributed by atoms with Crippen LogP contribution in [-0.4, -0.2) is 17.5 Å². The maximum atomic E-state index is 12.2. The molecule has 0 radical (unpaired) electrons. The van der Waals surface area contributed by atoms with Crippen LogP contribution in [0.1, 0.15) is 57.6 Å². The van der Waals surface area contributed by atoms with Gasteiger partial charge in [0.2, 0.25) is 0 Å². The number of benzene rings is 1. The van der Waals surface area contributed by atoms with Crippen LogP contribution in [-0.2, 0) is 4.79 Å². The first kappa shape index (κ1) is 15.8. The number of nitrogens with zero attached hydrogens (tertiary/aromatic N) is 1. The number of nitrogens with one attached hydrogen (secondary N) is 1. The summed E-state index contributed by atoms with van der Waals surface area (Å²) in [7, 11) is 0. The number of fused-ring (bicyclic) bond motifs is 1. The highest BCUT2D eigenvalue weighted by Crippen LogP contribution is 2.45. The minimum atomic E-state index is -0.238. The van der Waals surface area contributed by atoms with E-state index < -0.39 is 0 Å². The lowest BCUT2D eigenvalue weighted by molar-refractivity contribution is -0.122. The lowest BCUT2D eigenvalue weighted by Gasteiger charge is -2.50. The number of hydrogen-bond acceptors (Lipinski definition) is 3. The molecule has 4 nitrogen and oxygen atoms in total. The van der Waals surface area contributed by atoms with E-state index >= 15 is 0 Å². The molecule has 1 aromatic rings. The third kappa shape index (κ3) is 2.77. The first-order valence-electron chi connectivity index (χ1n) is 7.72. The van der Waals surface area contributed by atoms with Crippen LogP contribution in [0, 0.1) is 6.92 Å². The van der Waals surface area contributed by atoms with Crippen molar-refractivity contribution in [3.8, 4) is 0 Å². The summed E-state index contributed by atoms with van der Waals surface area (Å²) < 4.78 is 0. The number of amides is 1. The van der Waals surface area contributed by atoms with Crippen LogP contribution in [0.2, 0.25) is 0 Å². The summed E-state index contributed by atoms with van der Waals surface area (Å²) in [5, 5.41) is 0. The van der Waals surface area contributed by atoms with Gasteiger partial charge in [-0.05, 0) is 56.7 Å². The molecular weight excluding hydrogens is 262 g/mol. The lowest BCUT2D eigenvalue weighted by atomic mass is 9.78. The largest absolute Gasteiger partial charge is 0.354 e. The Kier molecular flexibility index (Phi) is 4.28. The molecule has 0 saturated carbocycles. The molecule has 0 spiro atoms. The number of anilines is 1. The van der Waals surface area contributed by atoms with Gasteiger partial charge in [0.05, 0.1) is 0 Å². The van der Waals surface area contributed by atoms with Gasteiger partial charge in [0, 0.05) is 11.2 Å². The fraction of sp³-hybridized carbons (Fsp3) is 0.588. The Hall–Kier alpha value is -1.55. The zero-order valence-electron chi connectivity index (χ0n) is 13.7. The molecule has 1 heterocycles. The van der Waals surface area contributed by atoms with E-state index in [1.807, 2.05) is 6.92 Å². The normalized spacial score (nSPS) is 21.6. The summed E-state index contributed by atoms with van der Waals surface area (Å²) in [5.74, 6) is 5.77. The van der Waals surface area contributed by atoms with Crippen molar-refractivity contribution in [2.75, 3.05) is 4.90 Å². The molecule has 0 aromatic heterocycles. The third-order valence-corrected chi connectivity index (χ3v) is 4.58. The second-order valence-electron chi connectivity index (χ2n) is 6.78. The Bertz CT molecular complexity index is 539. The highest BCUT2D eigenvalue weighted by Gasteiger charge is 2.41. The van der Waals surface area contributed by atoms with E-state index in [2.05, 4.69) is 56.2 Å². The Morgan fingerprint density at radius 2 is 2.19 bits per heavy atom. The van der Waals surface area contributed by atoms with Crippen molar-refractivity contribution in [1.82, 2.24) is 5.43 Å². The van der Waals surface area contributed by atoms with Gasteiger partial charge in [-0.25, -0.2) is 5.84 Å². The quantitative estimate of drug-likeness (QED) is 0.511. The van der Waals surface area contributed by atoms with Crippen LogP contribution >= 0.6 is 0 Å². The van der Waals surface area contributed by atoms with Gasteiger partial charge in [0.15, 0.2) is 0 Å². The van der Waals surface area contributed by atoms with Gasteiger partial charge in [0.25, 0.3) is 5.91 Å². The van der Waals surface area contributed by atoms with Crippen molar-refractivity contribution in [1.29, 1.82) is 0 Å². The fourth-order valence-electron chi connectivity index (χ4n) is 3.73. The zero-order valence-corrected chi connectivity index (χ0v) is 13.7.